The molecule has 2 heterocycles. The molecule has 1 aliphatic carbocycles. The smallest absolute Gasteiger partial charge is 0.339 e. The monoisotopic (exact) mass is 343 g/mol. The Bertz CT molecular complexity index is 866. The summed E-state index contributed by atoms with van der Waals surface area (Å²) >= 11 is 0. The highest BCUT2D eigenvalue weighted by Gasteiger charge is 2.26. The Morgan fingerprint density at radius 2 is 2.00 bits per heavy atom. The third-order valence-electron chi connectivity index (χ3n) is 4.85. The average Bonchev–Trinajstić information content (AvgIpc) is 3.15. The Balaban J connectivity index is 1.61. The number of aryl methyl sites for hydroxylation is 1. The van der Waals surface area contributed by atoms with Gasteiger partial charge in [0.05, 0.1) is 13.2 Å². The molecule has 0 bridgehead atoms. The molecule has 1 unspecified atom stereocenters. The minimum Gasteiger partial charge on any atom is -0.481 e. The number of hydroxylamine groups is 2. The summed E-state index contributed by atoms with van der Waals surface area (Å²) in [6.45, 7) is 2.84. The van der Waals surface area contributed by atoms with E-state index in [1.807, 2.05) is 12.1 Å². The molecule has 0 radical (unpaired) electrons. The summed E-state index contributed by atoms with van der Waals surface area (Å²) in [5.41, 5.74) is 2.16. The number of carbonyl (C=O) groups excluding carboxylic acids is 1. The van der Waals surface area contributed by atoms with E-state index < -0.39 is 6.10 Å². The van der Waals surface area contributed by atoms with Crippen molar-refractivity contribution >= 4 is 16.9 Å². The van der Waals surface area contributed by atoms with Gasteiger partial charge >= 0.3 is 5.63 Å². The SMILES string of the molecule is CC(Oc1ccc2c3c(c(=O)oc2c1)CCCC3)C(=O)N1CCCO1. The van der Waals surface area contributed by atoms with E-state index in [0.29, 0.717) is 24.5 Å². The molecule has 6 nitrogen and oxygen atoms in total. The van der Waals surface area contributed by atoms with Crippen LogP contribution in [-0.2, 0) is 22.5 Å². The quantitative estimate of drug-likeness (QED) is 0.801. The summed E-state index contributed by atoms with van der Waals surface area (Å²) in [4.78, 5) is 29.7. The van der Waals surface area contributed by atoms with E-state index in [2.05, 4.69) is 0 Å². The van der Waals surface area contributed by atoms with Gasteiger partial charge in [0.25, 0.3) is 5.91 Å². The van der Waals surface area contributed by atoms with Crippen molar-refractivity contribution in [2.75, 3.05) is 13.2 Å². The van der Waals surface area contributed by atoms with Gasteiger partial charge in [0.15, 0.2) is 6.10 Å². The van der Waals surface area contributed by atoms with Gasteiger partial charge in [0.1, 0.15) is 11.3 Å². The molecule has 1 amide bonds. The van der Waals surface area contributed by atoms with Crippen molar-refractivity contribution in [3.63, 3.8) is 0 Å². The number of nitrogens with zero attached hydrogens (tertiary/aromatic N) is 1. The highest BCUT2D eigenvalue weighted by Crippen LogP contribution is 2.29. The van der Waals surface area contributed by atoms with Gasteiger partial charge in [-0.25, -0.2) is 9.86 Å². The van der Waals surface area contributed by atoms with Gasteiger partial charge < -0.3 is 9.15 Å². The Kier molecular flexibility index (Phi) is 4.21. The Morgan fingerprint density at radius 3 is 2.76 bits per heavy atom. The largest absolute Gasteiger partial charge is 0.481 e. The lowest BCUT2D eigenvalue weighted by atomic mass is 9.91. The summed E-state index contributed by atoms with van der Waals surface area (Å²) in [6.07, 6.45) is 3.98. The zero-order chi connectivity index (χ0) is 17.4. The Labute approximate surface area is 145 Å². The molecule has 25 heavy (non-hydrogen) atoms. The number of carbonyl (C=O) groups is 1. The highest BCUT2D eigenvalue weighted by atomic mass is 16.7. The molecule has 0 N–H and O–H groups in total. The molecule has 1 atom stereocenters. The first-order valence-corrected chi connectivity index (χ1v) is 8.83. The van der Waals surface area contributed by atoms with Gasteiger partial charge in [0.2, 0.25) is 0 Å². The van der Waals surface area contributed by atoms with Crippen LogP contribution in [0.15, 0.2) is 27.4 Å². The first kappa shape index (κ1) is 16.1. The third-order valence-corrected chi connectivity index (χ3v) is 4.85. The van der Waals surface area contributed by atoms with Crippen LogP contribution in [0.5, 0.6) is 5.75 Å². The zero-order valence-corrected chi connectivity index (χ0v) is 14.2. The van der Waals surface area contributed by atoms with E-state index in [-0.39, 0.29) is 11.5 Å². The van der Waals surface area contributed by atoms with Crippen LogP contribution in [0.4, 0.5) is 0 Å². The number of amides is 1. The van der Waals surface area contributed by atoms with E-state index in [4.69, 9.17) is 14.0 Å². The summed E-state index contributed by atoms with van der Waals surface area (Å²) in [7, 11) is 0. The van der Waals surface area contributed by atoms with Crippen LogP contribution in [-0.4, -0.2) is 30.2 Å². The second-order valence-electron chi connectivity index (χ2n) is 6.60. The van der Waals surface area contributed by atoms with Crippen LogP contribution in [0.3, 0.4) is 0 Å². The lowest BCUT2D eigenvalue weighted by molar-refractivity contribution is -0.175. The molecular formula is C19H21NO5. The van der Waals surface area contributed by atoms with Crippen molar-refractivity contribution in [3.05, 3.63) is 39.7 Å². The van der Waals surface area contributed by atoms with E-state index in [0.717, 1.165) is 48.6 Å². The molecule has 2 aliphatic rings. The van der Waals surface area contributed by atoms with Gasteiger partial charge in [-0.1, -0.05) is 0 Å². The zero-order valence-electron chi connectivity index (χ0n) is 14.2. The molecule has 2 aromatic rings. The Morgan fingerprint density at radius 1 is 1.20 bits per heavy atom. The number of hydrogen-bond acceptors (Lipinski definition) is 5. The summed E-state index contributed by atoms with van der Waals surface area (Å²) in [5, 5.41) is 2.31. The molecule has 1 aromatic carbocycles. The van der Waals surface area contributed by atoms with Crippen LogP contribution < -0.4 is 10.4 Å². The minimum absolute atomic E-state index is 0.204. The van der Waals surface area contributed by atoms with Crippen molar-refractivity contribution in [2.24, 2.45) is 0 Å². The molecule has 1 saturated heterocycles. The topological polar surface area (TPSA) is 69.0 Å². The fraction of sp³-hybridized carbons (Fsp3) is 0.474. The van der Waals surface area contributed by atoms with E-state index >= 15 is 0 Å². The molecule has 0 saturated carbocycles. The standard InChI is InChI=1S/C19H21NO5/c1-12(18(21)20-9-4-10-23-20)24-13-7-8-15-14-5-2-3-6-16(14)19(22)25-17(15)11-13/h7-8,11-12H,2-6,9-10H2,1H3. The number of rotatable bonds is 3. The molecule has 1 aliphatic heterocycles. The van der Waals surface area contributed by atoms with Crippen LogP contribution in [0.25, 0.3) is 11.0 Å². The molecule has 4 rings (SSSR count). The van der Waals surface area contributed by atoms with Crippen molar-refractivity contribution in [1.29, 1.82) is 0 Å². The third kappa shape index (κ3) is 3.02. The number of ether oxygens (including phenoxy) is 1. The first-order chi connectivity index (χ1) is 12.1. The number of benzene rings is 1. The van der Waals surface area contributed by atoms with E-state index in [1.165, 1.54) is 5.06 Å². The van der Waals surface area contributed by atoms with Crippen LogP contribution >= 0.6 is 0 Å². The maximum absolute atomic E-state index is 12.3. The first-order valence-electron chi connectivity index (χ1n) is 8.83. The van der Waals surface area contributed by atoms with E-state index in [1.54, 1.807) is 13.0 Å². The average molecular weight is 343 g/mol. The van der Waals surface area contributed by atoms with Gasteiger partial charge in [0, 0.05) is 17.0 Å². The lowest BCUT2D eigenvalue weighted by Gasteiger charge is -2.20. The van der Waals surface area contributed by atoms with Gasteiger partial charge in [-0.3, -0.25) is 9.63 Å². The normalized spacial score (nSPS) is 18.2. The van der Waals surface area contributed by atoms with Crippen molar-refractivity contribution in [2.45, 2.75) is 45.1 Å². The fourth-order valence-electron chi connectivity index (χ4n) is 3.58. The molecule has 1 aromatic heterocycles. The van der Waals surface area contributed by atoms with Crippen molar-refractivity contribution in [3.8, 4) is 5.75 Å². The summed E-state index contributed by atoms with van der Waals surface area (Å²) in [5.74, 6) is 0.302. The molecule has 1 fully saturated rings. The van der Waals surface area contributed by atoms with Crippen LogP contribution in [0.2, 0.25) is 0 Å². The van der Waals surface area contributed by atoms with E-state index in [9.17, 15) is 9.59 Å². The van der Waals surface area contributed by atoms with Crippen LogP contribution in [0.1, 0.15) is 37.3 Å². The predicted molar refractivity (Wildman–Crippen MR) is 91.5 cm³/mol. The van der Waals surface area contributed by atoms with Crippen LogP contribution in [0, 0.1) is 0 Å². The van der Waals surface area contributed by atoms with Gasteiger partial charge in [-0.15, -0.1) is 0 Å². The Hall–Kier alpha value is -2.34. The second-order valence-corrected chi connectivity index (χ2v) is 6.60. The maximum atomic E-state index is 12.3. The highest BCUT2D eigenvalue weighted by molar-refractivity contribution is 5.83. The summed E-state index contributed by atoms with van der Waals surface area (Å²) in [6, 6.07) is 5.44. The molecule has 132 valence electrons. The number of hydrogen-bond donors (Lipinski definition) is 0. The van der Waals surface area contributed by atoms with Crippen molar-refractivity contribution < 1.29 is 18.8 Å². The number of fused-ring (bicyclic) bond motifs is 3. The molecule has 6 heteroatoms. The van der Waals surface area contributed by atoms with Crippen molar-refractivity contribution in [1.82, 2.24) is 5.06 Å². The summed E-state index contributed by atoms with van der Waals surface area (Å²) < 4.78 is 11.2. The lowest BCUT2D eigenvalue weighted by Crippen LogP contribution is -2.37. The molecule has 0 spiro atoms. The predicted octanol–water partition coefficient (Wildman–Crippen LogP) is 2.60. The maximum Gasteiger partial charge on any atom is 0.339 e. The van der Waals surface area contributed by atoms with Gasteiger partial charge in [-0.05, 0) is 56.7 Å². The molecular weight excluding hydrogens is 322 g/mol. The second kappa shape index (κ2) is 6.52. The fourth-order valence-corrected chi connectivity index (χ4v) is 3.58. The van der Waals surface area contributed by atoms with Gasteiger partial charge in [-0.2, -0.15) is 0 Å². The minimum atomic E-state index is -0.667.